The second-order valence-corrected chi connectivity index (χ2v) is 8.83. The van der Waals surface area contributed by atoms with Crippen molar-refractivity contribution >= 4 is 27.3 Å². The third-order valence-electron chi connectivity index (χ3n) is 5.62. The number of thiazole rings is 1. The van der Waals surface area contributed by atoms with Crippen LogP contribution in [-0.2, 0) is 19.4 Å². The molecule has 10 heteroatoms. The molecule has 0 radical (unpaired) electrons. The summed E-state index contributed by atoms with van der Waals surface area (Å²) in [7, 11) is 0. The molecule has 0 amide bonds. The van der Waals surface area contributed by atoms with Gasteiger partial charge < -0.3 is 9.94 Å². The maximum Gasteiger partial charge on any atom is 0.308 e. The molecule has 2 N–H and O–H groups in total. The summed E-state index contributed by atoms with van der Waals surface area (Å²) in [5.41, 5.74) is 3.99. The molecule has 0 fully saturated rings. The Morgan fingerprint density at radius 1 is 1.03 bits per heavy atom. The second-order valence-electron chi connectivity index (χ2n) is 7.84. The fourth-order valence-corrected chi connectivity index (χ4v) is 4.81. The van der Waals surface area contributed by atoms with E-state index in [1.807, 2.05) is 72.8 Å². The van der Waals surface area contributed by atoms with Gasteiger partial charge in [-0.25, -0.2) is 0 Å². The molecule has 176 valence electrons. The van der Waals surface area contributed by atoms with Crippen LogP contribution in [0.15, 0.2) is 82.7 Å². The second kappa shape index (κ2) is 10.3. The summed E-state index contributed by atoms with van der Waals surface area (Å²) < 4.78 is 8.42. The first-order chi connectivity index (χ1) is 17.2. The predicted octanol–water partition coefficient (Wildman–Crippen LogP) is 3.67. The molecule has 2 heterocycles. The van der Waals surface area contributed by atoms with Crippen LogP contribution in [-0.4, -0.2) is 42.7 Å². The number of ether oxygens (including phenoxy) is 1. The first-order valence-corrected chi connectivity index (χ1v) is 11.9. The van der Waals surface area contributed by atoms with E-state index in [9.17, 15) is 10.0 Å². The Hall–Kier alpha value is -4.31. The van der Waals surface area contributed by atoms with Gasteiger partial charge in [-0.05, 0) is 36.2 Å². The molecule has 0 aliphatic heterocycles. The Kier molecular flexibility index (Phi) is 6.62. The molecule has 0 unspecified atom stereocenters. The Bertz CT molecular complexity index is 1490. The van der Waals surface area contributed by atoms with Crippen molar-refractivity contribution in [2.75, 3.05) is 6.61 Å². The molecular formula is C25H22N6O3S. The number of nitrogens with one attached hydrogen (secondary N) is 1. The van der Waals surface area contributed by atoms with Gasteiger partial charge in [0.15, 0.2) is 5.82 Å². The van der Waals surface area contributed by atoms with E-state index in [2.05, 4.69) is 25.8 Å². The van der Waals surface area contributed by atoms with Gasteiger partial charge in [-0.15, -0.1) is 10.2 Å². The molecule has 35 heavy (non-hydrogen) atoms. The van der Waals surface area contributed by atoms with Crippen LogP contribution in [0.3, 0.4) is 0 Å². The molecule has 0 bridgehead atoms. The highest BCUT2D eigenvalue weighted by atomic mass is 32.1. The number of tetrazole rings is 1. The van der Waals surface area contributed by atoms with Crippen LogP contribution in [0.1, 0.15) is 22.5 Å². The molecule has 0 spiro atoms. The fraction of sp³-hybridized carbons (Fsp3) is 0.160. The quantitative estimate of drug-likeness (QED) is 0.186. The zero-order valence-electron chi connectivity index (χ0n) is 18.7. The molecular weight excluding hydrogens is 464 g/mol. The number of benzene rings is 3. The van der Waals surface area contributed by atoms with E-state index in [-0.39, 0.29) is 4.87 Å². The van der Waals surface area contributed by atoms with Crippen LogP contribution in [0.5, 0.6) is 5.75 Å². The zero-order valence-corrected chi connectivity index (χ0v) is 19.5. The average molecular weight is 487 g/mol. The highest BCUT2D eigenvalue weighted by molar-refractivity contribution is 7.16. The van der Waals surface area contributed by atoms with E-state index in [4.69, 9.17) is 4.74 Å². The molecule has 5 rings (SSSR count). The van der Waals surface area contributed by atoms with Crippen LogP contribution in [0.25, 0.3) is 10.2 Å². The number of aryl methyl sites for hydroxylation is 2. The SMILES string of the molecule is O=c1sc2cc(/C(=N/O)c3ccccc3)ccc2n1CCOc1ccc(CCc2nn[nH]n2)cc1. The normalized spacial score (nSPS) is 11.7. The van der Waals surface area contributed by atoms with E-state index >= 15 is 0 Å². The Morgan fingerprint density at radius 2 is 1.86 bits per heavy atom. The van der Waals surface area contributed by atoms with Gasteiger partial charge in [0.2, 0.25) is 0 Å². The number of fused-ring (bicyclic) bond motifs is 1. The van der Waals surface area contributed by atoms with Crippen molar-refractivity contribution in [3.63, 3.8) is 0 Å². The van der Waals surface area contributed by atoms with Crippen molar-refractivity contribution < 1.29 is 9.94 Å². The number of aromatic nitrogens is 5. The Morgan fingerprint density at radius 3 is 2.60 bits per heavy atom. The van der Waals surface area contributed by atoms with Crippen molar-refractivity contribution in [3.05, 3.63) is 105 Å². The standard InChI is InChI=1S/C25H22N6O3S/c32-25-31(14-15-34-20-10-6-17(7-11-20)8-13-23-26-29-30-27-23)21-12-9-19(16-22(21)35-25)24(28-33)18-4-2-1-3-5-18/h1-7,9-12,16,33H,8,13-15H2,(H,26,27,29,30)/b28-24+. The lowest BCUT2D eigenvalue weighted by Gasteiger charge is -2.09. The third-order valence-corrected chi connectivity index (χ3v) is 6.56. The van der Waals surface area contributed by atoms with Crippen LogP contribution < -0.4 is 9.61 Å². The zero-order chi connectivity index (χ0) is 24.0. The largest absolute Gasteiger partial charge is 0.492 e. The molecule has 0 aliphatic rings. The number of oxime groups is 1. The first-order valence-electron chi connectivity index (χ1n) is 11.1. The number of hydrogen-bond acceptors (Lipinski definition) is 8. The van der Waals surface area contributed by atoms with Crippen molar-refractivity contribution in [1.29, 1.82) is 0 Å². The topological polar surface area (TPSA) is 118 Å². The lowest BCUT2D eigenvalue weighted by Crippen LogP contribution is -2.17. The Labute approximate surface area is 204 Å². The molecule has 2 aromatic heterocycles. The van der Waals surface area contributed by atoms with Gasteiger partial charge in [0.1, 0.15) is 18.1 Å². The van der Waals surface area contributed by atoms with Gasteiger partial charge in [-0.1, -0.05) is 70.2 Å². The molecule has 0 atom stereocenters. The molecule has 5 aromatic rings. The monoisotopic (exact) mass is 486 g/mol. The average Bonchev–Trinajstić information content (AvgIpc) is 3.52. The van der Waals surface area contributed by atoms with Crippen LogP contribution in [0.2, 0.25) is 0 Å². The minimum Gasteiger partial charge on any atom is -0.492 e. The number of H-pyrrole nitrogens is 1. The summed E-state index contributed by atoms with van der Waals surface area (Å²) in [6.45, 7) is 0.792. The first kappa shape index (κ1) is 22.5. The van der Waals surface area contributed by atoms with Gasteiger partial charge in [0.05, 0.1) is 16.8 Å². The van der Waals surface area contributed by atoms with Crippen LogP contribution in [0.4, 0.5) is 0 Å². The van der Waals surface area contributed by atoms with Gasteiger partial charge in [0, 0.05) is 17.5 Å². The minimum atomic E-state index is -0.0558. The molecule has 0 saturated heterocycles. The van der Waals surface area contributed by atoms with E-state index in [0.29, 0.717) is 31.1 Å². The van der Waals surface area contributed by atoms with Gasteiger partial charge >= 0.3 is 4.87 Å². The summed E-state index contributed by atoms with van der Waals surface area (Å²) in [6, 6.07) is 22.9. The van der Waals surface area contributed by atoms with Crippen molar-refractivity contribution in [2.24, 2.45) is 5.16 Å². The summed E-state index contributed by atoms with van der Waals surface area (Å²) in [4.78, 5) is 12.6. The maximum absolute atomic E-state index is 12.6. The lowest BCUT2D eigenvalue weighted by molar-refractivity contribution is 0.299. The van der Waals surface area contributed by atoms with E-state index in [0.717, 1.165) is 39.1 Å². The van der Waals surface area contributed by atoms with E-state index in [1.165, 1.54) is 11.3 Å². The molecule has 9 nitrogen and oxygen atoms in total. The van der Waals surface area contributed by atoms with Crippen molar-refractivity contribution in [1.82, 2.24) is 25.2 Å². The molecule has 0 saturated carbocycles. The van der Waals surface area contributed by atoms with E-state index in [1.54, 1.807) is 4.57 Å². The lowest BCUT2D eigenvalue weighted by atomic mass is 10.0. The number of hydrogen-bond donors (Lipinski definition) is 2. The van der Waals surface area contributed by atoms with Gasteiger partial charge in [-0.2, -0.15) is 5.21 Å². The maximum atomic E-state index is 12.6. The van der Waals surface area contributed by atoms with E-state index < -0.39 is 0 Å². The predicted molar refractivity (Wildman–Crippen MR) is 133 cm³/mol. The number of rotatable bonds is 9. The number of nitrogens with zero attached hydrogens (tertiary/aromatic N) is 5. The summed E-state index contributed by atoms with van der Waals surface area (Å²) in [6.07, 6.45) is 1.52. The Balaban J connectivity index is 1.23. The van der Waals surface area contributed by atoms with Crippen molar-refractivity contribution in [2.45, 2.75) is 19.4 Å². The highest BCUT2D eigenvalue weighted by Crippen LogP contribution is 2.22. The van der Waals surface area contributed by atoms with Crippen LogP contribution in [0, 0.1) is 0 Å². The van der Waals surface area contributed by atoms with Crippen LogP contribution >= 0.6 is 11.3 Å². The third kappa shape index (κ3) is 5.12. The summed E-state index contributed by atoms with van der Waals surface area (Å²) in [5.74, 6) is 1.43. The van der Waals surface area contributed by atoms with Gasteiger partial charge in [-0.3, -0.25) is 9.36 Å². The highest BCUT2D eigenvalue weighted by Gasteiger charge is 2.13. The summed E-state index contributed by atoms with van der Waals surface area (Å²) >= 11 is 1.17. The molecule has 3 aromatic carbocycles. The fourth-order valence-electron chi connectivity index (χ4n) is 3.86. The smallest absolute Gasteiger partial charge is 0.308 e. The number of aromatic amines is 1. The minimum absolute atomic E-state index is 0.0558. The molecule has 0 aliphatic carbocycles. The van der Waals surface area contributed by atoms with Gasteiger partial charge in [0.25, 0.3) is 0 Å². The van der Waals surface area contributed by atoms with Crippen molar-refractivity contribution in [3.8, 4) is 5.75 Å². The summed E-state index contributed by atoms with van der Waals surface area (Å²) in [5, 5.41) is 27.0.